The molecule has 0 radical (unpaired) electrons. The molecule has 0 saturated carbocycles. The fraction of sp³-hybridized carbons (Fsp3) is 0.421. The lowest BCUT2D eigenvalue weighted by Gasteiger charge is -2.23. The van der Waals surface area contributed by atoms with Gasteiger partial charge >= 0.3 is 11.9 Å². The zero-order valence-electron chi connectivity index (χ0n) is 16.6. The predicted molar refractivity (Wildman–Crippen MR) is 113 cm³/mol. The van der Waals surface area contributed by atoms with E-state index in [0.29, 0.717) is 0 Å². The third-order valence-electron chi connectivity index (χ3n) is 4.20. The van der Waals surface area contributed by atoms with Gasteiger partial charge in [-0.1, -0.05) is 30.3 Å². The van der Waals surface area contributed by atoms with Crippen molar-refractivity contribution in [3.8, 4) is 0 Å². The average molecular weight is 455 g/mol. The van der Waals surface area contributed by atoms with Crippen molar-refractivity contribution in [1.82, 2.24) is 16.0 Å². The second-order valence-electron chi connectivity index (χ2n) is 6.59. The number of carboxylic acids is 2. The first-order chi connectivity index (χ1) is 14.7. The van der Waals surface area contributed by atoms with Crippen molar-refractivity contribution >= 4 is 42.3 Å². The number of rotatable bonds is 13. The Morgan fingerprint density at radius 2 is 1.48 bits per heavy atom. The minimum absolute atomic E-state index is 0.135. The van der Waals surface area contributed by atoms with Crippen LogP contribution in [-0.4, -0.2) is 70.3 Å². The zero-order chi connectivity index (χ0) is 23.4. The number of hydrogen-bond acceptors (Lipinski definition) is 7. The molecule has 11 nitrogen and oxygen atoms in total. The second kappa shape index (κ2) is 13.2. The monoisotopic (exact) mass is 454 g/mol. The summed E-state index contributed by atoms with van der Waals surface area (Å²) in [5, 5.41) is 25.0. The molecule has 0 aromatic heterocycles. The van der Waals surface area contributed by atoms with Crippen LogP contribution in [0.1, 0.15) is 18.4 Å². The van der Waals surface area contributed by atoms with E-state index in [4.69, 9.17) is 10.8 Å². The molecule has 0 heterocycles. The Bertz CT molecular complexity index is 791. The van der Waals surface area contributed by atoms with Gasteiger partial charge in [-0.05, 0) is 12.0 Å². The Labute approximate surface area is 184 Å². The first-order valence-electron chi connectivity index (χ1n) is 9.37. The molecule has 12 heteroatoms. The molecule has 1 aromatic rings. The SMILES string of the molecule is NCC(=O)NC(Cc1ccccc1)C(=O)NC(CS)C(=O)NC(CCC(=O)O)C(=O)O. The smallest absolute Gasteiger partial charge is 0.326 e. The van der Waals surface area contributed by atoms with E-state index >= 15 is 0 Å². The van der Waals surface area contributed by atoms with Gasteiger partial charge in [-0.3, -0.25) is 19.2 Å². The van der Waals surface area contributed by atoms with E-state index in [0.717, 1.165) is 5.56 Å². The molecule has 3 amide bonds. The van der Waals surface area contributed by atoms with Gasteiger partial charge in [0.1, 0.15) is 18.1 Å². The van der Waals surface area contributed by atoms with Gasteiger partial charge in [-0.15, -0.1) is 0 Å². The van der Waals surface area contributed by atoms with E-state index in [2.05, 4.69) is 28.6 Å². The summed E-state index contributed by atoms with van der Waals surface area (Å²) < 4.78 is 0. The fourth-order valence-electron chi connectivity index (χ4n) is 2.58. The van der Waals surface area contributed by atoms with Crippen LogP contribution in [0, 0.1) is 0 Å². The van der Waals surface area contributed by atoms with E-state index < -0.39 is 54.2 Å². The van der Waals surface area contributed by atoms with Crippen molar-refractivity contribution in [2.45, 2.75) is 37.4 Å². The summed E-state index contributed by atoms with van der Waals surface area (Å²) in [5.41, 5.74) is 6.06. The lowest BCUT2D eigenvalue weighted by Crippen LogP contribution is -2.57. The number of nitrogens with one attached hydrogen (secondary N) is 3. The van der Waals surface area contributed by atoms with Crippen molar-refractivity contribution in [3.63, 3.8) is 0 Å². The van der Waals surface area contributed by atoms with Crippen LogP contribution in [0.25, 0.3) is 0 Å². The summed E-state index contributed by atoms with van der Waals surface area (Å²) in [5.74, 6) is -4.87. The molecule has 0 aliphatic rings. The summed E-state index contributed by atoms with van der Waals surface area (Å²) in [6.07, 6.45) is -0.651. The maximum absolute atomic E-state index is 12.7. The molecule has 7 N–H and O–H groups in total. The number of carbonyl (C=O) groups is 5. The van der Waals surface area contributed by atoms with Crippen molar-refractivity contribution in [1.29, 1.82) is 0 Å². The molecule has 170 valence electrons. The highest BCUT2D eigenvalue weighted by Gasteiger charge is 2.29. The van der Waals surface area contributed by atoms with Crippen LogP contribution in [-0.2, 0) is 30.4 Å². The van der Waals surface area contributed by atoms with E-state index in [1.807, 2.05) is 0 Å². The lowest BCUT2D eigenvalue weighted by atomic mass is 10.0. The molecule has 3 unspecified atom stereocenters. The number of nitrogens with two attached hydrogens (primary N) is 1. The Morgan fingerprint density at radius 1 is 0.903 bits per heavy atom. The number of aliphatic carboxylic acids is 2. The van der Waals surface area contributed by atoms with E-state index in [1.165, 1.54) is 0 Å². The number of hydrogen-bond donors (Lipinski definition) is 7. The van der Waals surface area contributed by atoms with Gasteiger partial charge in [-0.25, -0.2) is 4.79 Å². The third-order valence-corrected chi connectivity index (χ3v) is 4.56. The predicted octanol–water partition coefficient (Wildman–Crippen LogP) is -1.48. The maximum Gasteiger partial charge on any atom is 0.326 e. The highest BCUT2D eigenvalue weighted by Crippen LogP contribution is 2.05. The summed E-state index contributed by atoms with van der Waals surface area (Å²) in [4.78, 5) is 58.8. The van der Waals surface area contributed by atoms with Crippen LogP contribution < -0.4 is 21.7 Å². The fourth-order valence-corrected chi connectivity index (χ4v) is 2.83. The van der Waals surface area contributed by atoms with E-state index in [9.17, 15) is 29.1 Å². The molecular formula is C19H26N4O7S. The third kappa shape index (κ3) is 9.49. The normalized spacial score (nSPS) is 13.4. The Morgan fingerprint density at radius 3 is 2.00 bits per heavy atom. The number of carbonyl (C=O) groups excluding carboxylic acids is 3. The van der Waals surface area contributed by atoms with Crippen LogP contribution in [0.3, 0.4) is 0 Å². The Hall–Kier alpha value is -3.12. The van der Waals surface area contributed by atoms with Crippen molar-refractivity contribution in [2.75, 3.05) is 12.3 Å². The molecular weight excluding hydrogens is 428 g/mol. The van der Waals surface area contributed by atoms with E-state index in [1.54, 1.807) is 30.3 Å². The van der Waals surface area contributed by atoms with Gasteiger partial charge in [0.2, 0.25) is 17.7 Å². The Kier molecular flexibility index (Phi) is 11.1. The van der Waals surface area contributed by atoms with Crippen LogP contribution in [0.2, 0.25) is 0 Å². The standard InChI is InChI=1S/C19H26N4O7S/c20-9-15(24)21-13(8-11-4-2-1-3-5-11)17(27)23-14(10-31)18(28)22-12(19(29)30)6-7-16(25)26/h1-5,12-14,31H,6-10,20H2,(H,21,24)(H,22,28)(H,23,27)(H,25,26)(H,29,30). The highest BCUT2D eigenvalue weighted by molar-refractivity contribution is 7.80. The lowest BCUT2D eigenvalue weighted by molar-refractivity contribution is -0.143. The average Bonchev–Trinajstić information content (AvgIpc) is 2.74. The largest absolute Gasteiger partial charge is 0.481 e. The molecule has 0 aliphatic heterocycles. The molecule has 0 fully saturated rings. The van der Waals surface area contributed by atoms with Gasteiger partial charge in [0.25, 0.3) is 0 Å². The molecule has 0 aliphatic carbocycles. The molecule has 0 saturated heterocycles. The van der Waals surface area contributed by atoms with E-state index in [-0.39, 0.29) is 25.1 Å². The maximum atomic E-state index is 12.7. The number of thiol groups is 1. The van der Waals surface area contributed by atoms with Crippen LogP contribution >= 0.6 is 12.6 Å². The molecule has 3 atom stereocenters. The second-order valence-corrected chi connectivity index (χ2v) is 6.95. The first-order valence-corrected chi connectivity index (χ1v) is 10.0. The molecule has 1 aromatic carbocycles. The minimum Gasteiger partial charge on any atom is -0.481 e. The summed E-state index contributed by atoms with van der Waals surface area (Å²) in [7, 11) is 0. The van der Waals surface area contributed by atoms with Crippen molar-refractivity contribution < 1.29 is 34.2 Å². The van der Waals surface area contributed by atoms with Gasteiger partial charge in [0.15, 0.2) is 0 Å². The number of amides is 3. The Balaban J connectivity index is 2.86. The highest BCUT2D eigenvalue weighted by atomic mass is 32.1. The molecule has 0 spiro atoms. The molecule has 1 rings (SSSR count). The van der Waals surface area contributed by atoms with Gasteiger partial charge in [0.05, 0.1) is 6.54 Å². The first kappa shape index (κ1) is 25.9. The topological polar surface area (TPSA) is 188 Å². The van der Waals surface area contributed by atoms with Gasteiger partial charge in [0, 0.05) is 18.6 Å². The quantitative estimate of drug-likeness (QED) is 0.176. The summed E-state index contributed by atoms with van der Waals surface area (Å²) >= 11 is 4.02. The summed E-state index contributed by atoms with van der Waals surface area (Å²) in [6.45, 7) is -0.334. The van der Waals surface area contributed by atoms with Crippen LogP contribution in [0.15, 0.2) is 30.3 Å². The van der Waals surface area contributed by atoms with Gasteiger partial charge in [-0.2, -0.15) is 12.6 Å². The van der Waals surface area contributed by atoms with Crippen molar-refractivity contribution in [3.05, 3.63) is 35.9 Å². The summed E-state index contributed by atoms with van der Waals surface area (Å²) in [6, 6.07) is 5.16. The molecule has 31 heavy (non-hydrogen) atoms. The number of carboxylic acid groups (broad SMARTS) is 2. The number of benzene rings is 1. The van der Waals surface area contributed by atoms with Crippen LogP contribution in [0.5, 0.6) is 0 Å². The minimum atomic E-state index is -1.44. The molecule has 0 bridgehead atoms. The van der Waals surface area contributed by atoms with Crippen LogP contribution in [0.4, 0.5) is 0 Å². The van der Waals surface area contributed by atoms with Crippen molar-refractivity contribution in [2.24, 2.45) is 5.73 Å². The zero-order valence-corrected chi connectivity index (χ0v) is 17.5. The van der Waals surface area contributed by atoms with Gasteiger partial charge < -0.3 is 31.9 Å².